The molecule has 4 nitrogen and oxygen atoms in total. The molecule has 1 rings (SSSR count). The van der Waals surface area contributed by atoms with Gasteiger partial charge in [-0.2, -0.15) is 5.26 Å². The second-order valence-corrected chi connectivity index (χ2v) is 6.70. The van der Waals surface area contributed by atoms with Gasteiger partial charge in [0.25, 0.3) is 0 Å². The number of aryl methyl sites for hydroxylation is 3. The molecular weight excluding hydrogens is 250 g/mol. The van der Waals surface area contributed by atoms with E-state index in [9.17, 15) is 13.5 Å². The monoisotopic (exact) mass is 267 g/mol. The number of hydrogen-bond donors (Lipinski definition) is 1. The Morgan fingerprint density at radius 3 is 2.56 bits per heavy atom. The molecule has 0 spiro atoms. The average Bonchev–Trinajstić information content (AvgIpc) is 2.29. The molecule has 1 aromatic rings. The third-order valence-electron chi connectivity index (χ3n) is 2.73. The van der Waals surface area contributed by atoms with Crippen molar-refractivity contribution < 1.29 is 13.5 Å². The lowest BCUT2D eigenvalue weighted by atomic mass is 10.0. The topological polar surface area (TPSA) is 78.2 Å². The molecule has 0 unspecified atom stereocenters. The number of sulfone groups is 1. The van der Waals surface area contributed by atoms with Crippen molar-refractivity contribution in [3.63, 3.8) is 0 Å². The first-order valence-corrected chi connectivity index (χ1v) is 7.54. The molecule has 0 fully saturated rings. The molecule has 0 radical (unpaired) electrons. The molecule has 0 aliphatic carbocycles. The van der Waals surface area contributed by atoms with Crippen molar-refractivity contribution in [2.24, 2.45) is 0 Å². The minimum atomic E-state index is -3.22. The zero-order valence-corrected chi connectivity index (χ0v) is 11.4. The van der Waals surface area contributed by atoms with E-state index in [1.807, 2.05) is 19.1 Å². The number of nitrogens with zero attached hydrogens (tertiary/aromatic N) is 1. The average molecular weight is 267 g/mol. The van der Waals surface area contributed by atoms with Crippen LogP contribution in [-0.4, -0.2) is 25.0 Å². The first-order chi connectivity index (χ1) is 8.35. The van der Waals surface area contributed by atoms with Gasteiger partial charge in [0.1, 0.15) is 5.75 Å². The van der Waals surface area contributed by atoms with Crippen LogP contribution in [0.2, 0.25) is 0 Å². The highest BCUT2D eigenvalue weighted by molar-refractivity contribution is 7.91. The smallest absolute Gasteiger partial charge is 0.151 e. The van der Waals surface area contributed by atoms with Gasteiger partial charge in [0.05, 0.1) is 17.6 Å². The Morgan fingerprint density at radius 1 is 1.28 bits per heavy atom. The minimum absolute atomic E-state index is 0.0150. The Bertz CT molecular complexity index is 571. The molecule has 0 bridgehead atoms. The van der Waals surface area contributed by atoms with Crippen LogP contribution < -0.4 is 0 Å². The van der Waals surface area contributed by atoms with Crippen LogP contribution in [0.15, 0.2) is 12.1 Å². The van der Waals surface area contributed by atoms with Crippen molar-refractivity contribution >= 4 is 9.84 Å². The number of rotatable bonds is 5. The maximum atomic E-state index is 11.6. The molecule has 18 heavy (non-hydrogen) atoms. The zero-order valence-electron chi connectivity index (χ0n) is 10.6. The number of phenols is 1. The fourth-order valence-corrected chi connectivity index (χ4v) is 2.94. The molecule has 0 amide bonds. The van der Waals surface area contributed by atoms with E-state index in [1.54, 1.807) is 13.0 Å². The van der Waals surface area contributed by atoms with E-state index in [-0.39, 0.29) is 30.1 Å². The second kappa shape index (κ2) is 5.87. The largest absolute Gasteiger partial charge is 0.507 e. The van der Waals surface area contributed by atoms with Gasteiger partial charge >= 0.3 is 0 Å². The SMILES string of the molecule is Cc1cc(C)c(O)c(CCS(=O)(=O)CCC#N)c1. The molecule has 0 heterocycles. The number of benzene rings is 1. The van der Waals surface area contributed by atoms with E-state index in [0.717, 1.165) is 11.1 Å². The number of nitriles is 1. The van der Waals surface area contributed by atoms with Gasteiger partial charge in [-0.05, 0) is 31.4 Å². The summed E-state index contributed by atoms with van der Waals surface area (Å²) in [7, 11) is -3.22. The summed E-state index contributed by atoms with van der Waals surface area (Å²) in [4.78, 5) is 0. The predicted molar refractivity (Wildman–Crippen MR) is 70.2 cm³/mol. The first-order valence-electron chi connectivity index (χ1n) is 5.72. The van der Waals surface area contributed by atoms with Crippen molar-refractivity contribution in [2.75, 3.05) is 11.5 Å². The second-order valence-electron chi connectivity index (χ2n) is 4.40. The molecule has 98 valence electrons. The molecule has 1 aromatic carbocycles. The van der Waals surface area contributed by atoms with E-state index in [4.69, 9.17) is 5.26 Å². The summed E-state index contributed by atoms with van der Waals surface area (Å²) in [6.07, 6.45) is 0.295. The van der Waals surface area contributed by atoms with Gasteiger partial charge in [0.15, 0.2) is 9.84 Å². The summed E-state index contributed by atoms with van der Waals surface area (Å²) < 4.78 is 23.2. The molecule has 0 aliphatic rings. The summed E-state index contributed by atoms with van der Waals surface area (Å²) in [5.41, 5.74) is 2.39. The van der Waals surface area contributed by atoms with Crippen LogP contribution in [0.1, 0.15) is 23.1 Å². The van der Waals surface area contributed by atoms with Crippen LogP contribution >= 0.6 is 0 Å². The lowest BCUT2D eigenvalue weighted by Crippen LogP contribution is -2.13. The first kappa shape index (κ1) is 14.5. The van der Waals surface area contributed by atoms with Gasteiger partial charge in [-0.25, -0.2) is 8.42 Å². The molecule has 5 heteroatoms. The zero-order chi connectivity index (χ0) is 13.8. The number of hydrogen-bond acceptors (Lipinski definition) is 4. The number of phenolic OH excluding ortho intramolecular Hbond substituents is 1. The van der Waals surface area contributed by atoms with Crippen molar-refractivity contribution in [1.82, 2.24) is 0 Å². The minimum Gasteiger partial charge on any atom is -0.507 e. The van der Waals surface area contributed by atoms with Crippen molar-refractivity contribution in [1.29, 1.82) is 5.26 Å². The maximum absolute atomic E-state index is 11.6. The van der Waals surface area contributed by atoms with Crippen LogP contribution in [-0.2, 0) is 16.3 Å². The van der Waals surface area contributed by atoms with Gasteiger partial charge in [0.2, 0.25) is 0 Å². The van der Waals surface area contributed by atoms with E-state index < -0.39 is 9.84 Å². The number of aromatic hydroxyl groups is 1. The van der Waals surface area contributed by atoms with Crippen molar-refractivity contribution in [3.8, 4) is 11.8 Å². The van der Waals surface area contributed by atoms with Crippen molar-refractivity contribution in [3.05, 3.63) is 28.8 Å². The van der Waals surface area contributed by atoms with E-state index in [1.165, 1.54) is 0 Å². The molecule has 0 saturated heterocycles. The van der Waals surface area contributed by atoms with E-state index in [2.05, 4.69) is 0 Å². The van der Waals surface area contributed by atoms with Crippen LogP contribution in [0.5, 0.6) is 5.75 Å². The van der Waals surface area contributed by atoms with Gasteiger partial charge in [-0.3, -0.25) is 0 Å². The van der Waals surface area contributed by atoms with Gasteiger partial charge < -0.3 is 5.11 Å². The van der Waals surface area contributed by atoms with Gasteiger partial charge in [0, 0.05) is 6.42 Å². The molecule has 0 aliphatic heterocycles. The Labute approximate surface area is 108 Å². The Hall–Kier alpha value is -1.54. The van der Waals surface area contributed by atoms with E-state index in [0.29, 0.717) is 5.56 Å². The molecule has 1 N–H and O–H groups in total. The standard InChI is InChI=1S/C13H17NO3S/c1-10-8-11(2)13(15)12(9-10)4-7-18(16,17)6-3-5-14/h8-9,15H,3-4,6-7H2,1-2H3. The van der Waals surface area contributed by atoms with Gasteiger partial charge in [-0.15, -0.1) is 0 Å². The Balaban J connectivity index is 2.79. The summed E-state index contributed by atoms with van der Waals surface area (Å²) in [6, 6.07) is 5.47. The summed E-state index contributed by atoms with van der Waals surface area (Å²) >= 11 is 0. The molecule has 0 aromatic heterocycles. The highest BCUT2D eigenvalue weighted by atomic mass is 32.2. The fourth-order valence-electron chi connectivity index (χ4n) is 1.81. The van der Waals surface area contributed by atoms with Crippen LogP contribution in [0, 0.1) is 25.2 Å². The van der Waals surface area contributed by atoms with E-state index >= 15 is 0 Å². The third kappa shape index (κ3) is 4.04. The third-order valence-corrected chi connectivity index (χ3v) is 4.38. The van der Waals surface area contributed by atoms with Crippen molar-refractivity contribution in [2.45, 2.75) is 26.7 Å². The van der Waals surface area contributed by atoms with Gasteiger partial charge in [-0.1, -0.05) is 17.7 Å². The summed E-state index contributed by atoms with van der Waals surface area (Å²) in [6.45, 7) is 3.69. The Morgan fingerprint density at radius 2 is 1.94 bits per heavy atom. The predicted octanol–water partition coefficient (Wildman–Crippen LogP) is 1.88. The van der Waals surface area contributed by atoms with Crippen LogP contribution in [0.3, 0.4) is 0 Å². The lowest BCUT2D eigenvalue weighted by Gasteiger charge is -2.09. The van der Waals surface area contributed by atoms with Crippen LogP contribution in [0.4, 0.5) is 0 Å². The molecule has 0 atom stereocenters. The molecular formula is C13H17NO3S. The fraction of sp³-hybridized carbons (Fsp3) is 0.462. The highest BCUT2D eigenvalue weighted by Crippen LogP contribution is 2.24. The normalized spacial score (nSPS) is 11.2. The van der Waals surface area contributed by atoms with Crippen LogP contribution in [0.25, 0.3) is 0 Å². The Kier molecular flexibility index (Phi) is 4.74. The lowest BCUT2D eigenvalue weighted by molar-refractivity contribution is 0.464. The summed E-state index contributed by atoms with van der Waals surface area (Å²) in [5.74, 6) is 0.0105. The quantitative estimate of drug-likeness (QED) is 0.883. The highest BCUT2D eigenvalue weighted by Gasteiger charge is 2.13. The molecule has 0 saturated carbocycles. The summed E-state index contributed by atoms with van der Waals surface area (Å²) in [5, 5.41) is 18.2. The maximum Gasteiger partial charge on any atom is 0.151 e.